The molecule has 0 radical (unpaired) electrons. The molecule has 0 saturated carbocycles. The Morgan fingerprint density at radius 3 is 2.71 bits per heavy atom. The van der Waals surface area contributed by atoms with Gasteiger partial charge in [-0.15, -0.1) is 0 Å². The van der Waals surface area contributed by atoms with Gasteiger partial charge in [-0.3, -0.25) is 4.79 Å². The predicted octanol–water partition coefficient (Wildman–Crippen LogP) is 0.159. The SMILES string of the molecule is O=C(NC1CNC1)c1ccc2c(c1)OCCO2. The van der Waals surface area contributed by atoms with E-state index in [9.17, 15) is 4.79 Å². The molecule has 1 fully saturated rings. The highest BCUT2D eigenvalue weighted by molar-refractivity contribution is 5.95. The van der Waals surface area contributed by atoms with Crippen LogP contribution in [0.25, 0.3) is 0 Å². The normalized spacial score (nSPS) is 18.4. The maximum absolute atomic E-state index is 11.9. The van der Waals surface area contributed by atoms with Crippen molar-refractivity contribution in [3.8, 4) is 11.5 Å². The lowest BCUT2D eigenvalue weighted by Crippen LogP contribution is -2.56. The van der Waals surface area contributed by atoms with E-state index in [2.05, 4.69) is 10.6 Å². The monoisotopic (exact) mass is 234 g/mol. The molecule has 0 unspecified atom stereocenters. The first-order valence-corrected chi connectivity index (χ1v) is 5.74. The molecular formula is C12H14N2O3. The highest BCUT2D eigenvalue weighted by Crippen LogP contribution is 2.30. The van der Waals surface area contributed by atoms with Crippen LogP contribution >= 0.6 is 0 Å². The molecule has 3 rings (SSSR count). The summed E-state index contributed by atoms with van der Waals surface area (Å²) in [5.74, 6) is 1.29. The number of amides is 1. The lowest BCUT2D eigenvalue weighted by molar-refractivity contribution is 0.0922. The number of ether oxygens (including phenoxy) is 2. The second-order valence-corrected chi connectivity index (χ2v) is 4.19. The van der Waals surface area contributed by atoms with Crippen molar-refractivity contribution in [1.82, 2.24) is 10.6 Å². The molecule has 1 aromatic rings. The average molecular weight is 234 g/mol. The minimum atomic E-state index is -0.0616. The maximum Gasteiger partial charge on any atom is 0.251 e. The number of carbonyl (C=O) groups excluding carboxylic acids is 1. The van der Waals surface area contributed by atoms with Crippen LogP contribution in [0.4, 0.5) is 0 Å². The first kappa shape index (κ1) is 10.4. The molecule has 2 heterocycles. The Hall–Kier alpha value is -1.75. The molecule has 1 amide bonds. The van der Waals surface area contributed by atoms with Crippen LogP contribution in [0.15, 0.2) is 18.2 Å². The molecule has 17 heavy (non-hydrogen) atoms. The number of rotatable bonds is 2. The Morgan fingerprint density at radius 1 is 1.24 bits per heavy atom. The standard InChI is InChI=1S/C12H14N2O3/c15-12(14-9-6-13-7-9)8-1-2-10-11(5-8)17-4-3-16-10/h1-2,5,9,13H,3-4,6-7H2,(H,14,15). The van der Waals surface area contributed by atoms with Crippen LogP contribution in [-0.4, -0.2) is 38.3 Å². The fraction of sp³-hybridized carbons (Fsp3) is 0.417. The number of benzene rings is 1. The third-order valence-corrected chi connectivity index (χ3v) is 2.92. The summed E-state index contributed by atoms with van der Waals surface area (Å²) in [6.07, 6.45) is 0. The smallest absolute Gasteiger partial charge is 0.251 e. The zero-order chi connectivity index (χ0) is 11.7. The molecule has 1 aromatic carbocycles. The fourth-order valence-electron chi connectivity index (χ4n) is 1.84. The van der Waals surface area contributed by atoms with Crippen molar-refractivity contribution in [1.29, 1.82) is 0 Å². The first-order chi connectivity index (χ1) is 8.33. The van der Waals surface area contributed by atoms with Gasteiger partial charge in [0.25, 0.3) is 5.91 Å². The lowest BCUT2D eigenvalue weighted by atomic mass is 10.1. The van der Waals surface area contributed by atoms with Gasteiger partial charge in [-0.25, -0.2) is 0 Å². The second kappa shape index (κ2) is 4.25. The highest BCUT2D eigenvalue weighted by Gasteiger charge is 2.21. The molecule has 90 valence electrons. The lowest BCUT2D eigenvalue weighted by Gasteiger charge is -2.28. The Balaban J connectivity index is 1.75. The van der Waals surface area contributed by atoms with E-state index in [1.54, 1.807) is 18.2 Å². The Kier molecular flexibility index (Phi) is 2.60. The number of carbonyl (C=O) groups is 1. The van der Waals surface area contributed by atoms with Gasteiger partial charge in [-0.05, 0) is 18.2 Å². The van der Waals surface area contributed by atoms with Crippen molar-refractivity contribution >= 4 is 5.91 Å². The van der Waals surface area contributed by atoms with E-state index < -0.39 is 0 Å². The summed E-state index contributed by atoms with van der Waals surface area (Å²) in [4.78, 5) is 11.9. The quantitative estimate of drug-likeness (QED) is 0.765. The van der Waals surface area contributed by atoms with Crippen molar-refractivity contribution in [2.24, 2.45) is 0 Å². The van der Waals surface area contributed by atoms with Crippen molar-refractivity contribution < 1.29 is 14.3 Å². The molecule has 2 N–H and O–H groups in total. The molecular weight excluding hydrogens is 220 g/mol. The summed E-state index contributed by atoms with van der Waals surface area (Å²) in [6, 6.07) is 5.52. The van der Waals surface area contributed by atoms with E-state index >= 15 is 0 Å². The summed E-state index contributed by atoms with van der Waals surface area (Å²) in [6.45, 7) is 2.78. The van der Waals surface area contributed by atoms with E-state index in [-0.39, 0.29) is 11.9 Å². The largest absolute Gasteiger partial charge is 0.486 e. The van der Waals surface area contributed by atoms with Gasteiger partial charge in [0.15, 0.2) is 11.5 Å². The average Bonchev–Trinajstić information content (AvgIpc) is 2.33. The minimum absolute atomic E-state index is 0.0616. The summed E-state index contributed by atoms with van der Waals surface area (Å²) in [5.41, 5.74) is 0.612. The van der Waals surface area contributed by atoms with Gasteiger partial charge in [0.05, 0.1) is 6.04 Å². The summed E-state index contributed by atoms with van der Waals surface area (Å²) >= 11 is 0. The van der Waals surface area contributed by atoms with Crippen LogP contribution in [0.2, 0.25) is 0 Å². The number of fused-ring (bicyclic) bond motifs is 1. The van der Waals surface area contributed by atoms with E-state index in [1.807, 2.05) is 0 Å². The molecule has 2 aliphatic heterocycles. The van der Waals surface area contributed by atoms with E-state index in [4.69, 9.17) is 9.47 Å². The maximum atomic E-state index is 11.9. The Bertz CT molecular complexity index is 443. The van der Waals surface area contributed by atoms with E-state index in [0.29, 0.717) is 30.3 Å². The molecule has 0 bridgehead atoms. The van der Waals surface area contributed by atoms with Gasteiger partial charge in [0.2, 0.25) is 0 Å². The van der Waals surface area contributed by atoms with Crippen LogP contribution in [0.3, 0.4) is 0 Å². The van der Waals surface area contributed by atoms with Crippen LogP contribution in [0.1, 0.15) is 10.4 Å². The molecule has 2 aliphatic rings. The third kappa shape index (κ3) is 2.06. The zero-order valence-corrected chi connectivity index (χ0v) is 9.36. The Morgan fingerprint density at radius 2 is 2.00 bits per heavy atom. The first-order valence-electron chi connectivity index (χ1n) is 5.74. The molecule has 0 aliphatic carbocycles. The van der Waals surface area contributed by atoms with Gasteiger partial charge in [-0.2, -0.15) is 0 Å². The van der Waals surface area contributed by atoms with Crippen molar-refractivity contribution in [2.45, 2.75) is 6.04 Å². The fourth-order valence-corrected chi connectivity index (χ4v) is 1.84. The predicted molar refractivity (Wildman–Crippen MR) is 61.6 cm³/mol. The van der Waals surface area contributed by atoms with Crippen LogP contribution < -0.4 is 20.1 Å². The topological polar surface area (TPSA) is 59.6 Å². The third-order valence-electron chi connectivity index (χ3n) is 2.92. The Labute approximate surface area is 99.1 Å². The summed E-state index contributed by atoms with van der Waals surface area (Å²) in [5, 5.41) is 6.05. The summed E-state index contributed by atoms with van der Waals surface area (Å²) in [7, 11) is 0. The number of hydrogen-bond acceptors (Lipinski definition) is 4. The van der Waals surface area contributed by atoms with Gasteiger partial charge in [0, 0.05) is 18.7 Å². The number of nitrogens with one attached hydrogen (secondary N) is 2. The molecule has 0 spiro atoms. The number of hydrogen-bond donors (Lipinski definition) is 2. The molecule has 0 atom stereocenters. The van der Waals surface area contributed by atoms with Gasteiger partial charge < -0.3 is 20.1 Å². The van der Waals surface area contributed by atoms with Crippen molar-refractivity contribution in [3.63, 3.8) is 0 Å². The zero-order valence-electron chi connectivity index (χ0n) is 9.36. The second-order valence-electron chi connectivity index (χ2n) is 4.19. The minimum Gasteiger partial charge on any atom is -0.486 e. The van der Waals surface area contributed by atoms with Crippen molar-refractivity contribution in [3.05, 3.63) is 23.8 Å². The molecule has 0 aromatic heterocycles. The molecule has 5 nitrogen and oxygen atoms in total. The molecule has 1 saturated heterocycles. The van der Waals surface area contributed by atoms with E-state index in [0.717, 1.165) is 13.1 Å². The van der Waals surface area contributed by atoms with Gasteiger partial charge in [0.1, 0.15) is 13.2 Å². The van der Waals surface area contributed by atoms with Gasteiger partial charge in [-0.1, -0.05) is 0 Å². The highest BCUT2D eigenvalue weighted by atomic mass is 16.6. The molecule has 5 heteroatoms. The van der Waals surface area contributed by atoms with Crippen molar-refractivity contribution in [2.75, 3.05) is 26.3 Å². The van der Waals surface area contributed by atoms with Gasteiger partial charge >= 0.3 is 0 Å². The van der Waals surface area contributed by atoms with E-state index in [1.165, 1.54) is 0 Å². The van der Waals surface area contributed by atoms with Crippen LogP contribution in [0, 0.1) is 0 Å². The van der Waals surface area contributed by atoms with Crippen LogP contribution in [0.5, 0.6) is 11.5 Å². The summed E-state index contributed by atoms with van der Waals surface area (Å²) < 4.78 is 10.8. The van der Waals surface area contributed by atoms with Crippen LogP contribution in [-0.2, 0) is 0 Å².